The van der Waals surface area contributed by atoms with Gasteiger partial charge in [0.15, 0.2) is 0 Å². The fourth-order valence-corrected chi connectivity index (χ4v) is 4.26. The lowest BCUT2D eigenvalue weighted by Gasteiger charge is -2.27. The van der Waals surface area contributed by atoms with Crippen LogP contribution >= 0.6 is 10.7 Å². The van der Waals surface area contributed by atoms with Gasteiger partial charge in [0, 0.05) is 16.7 Å². The Kier molecular flexibility index (Phi) is 2.79. The molecule has 4 atom stereocenters. The van der Waals surface area contributed by atoms with Crippen molar-refractivity contribution in [3.05, 3.63) is 0 Å². The van der Waals surface area contributed by atoms with Crippen molar-refractivity contribution in [3.63, 3.8) is 0 Å². The third kappa shape index (κ3) is 2.23. The SMILES string of the molecule is CC(NS(=O)(=O)Cl)C1CC2CCC1C2. The third-order valence-electron chi connectivity index (χ3n) is 3.76. The van der Waals surface area contributed by atoms with Gasteiger partial charge >= 0.3 is 0 Å². The molecule has 0 saturated heterocycles. The highest BCUT2D eigenvalue weighted by molar-refractivity contribution is 8.12. The van der Waals surface area contributed by atoms with Crippen LogP contribution in [0.1, 0.15) is 32.6 Å². The van der Waals surface area contributed by atoms with Gasteiger partial charge in [-0.25, -0.2) is 0 Å². The molecule has 2 rings (SSSR count). The summed E-state index contributed by atoms with van der Waals surface area (Å²) in [6.07, 6.45) is 5.06. The van der Waals surface area contributed by atoms with Crippen LogP contribution < -0.4 is 4.72 Å². The molecule has 14 heavy (non-hydrogen) atoms. The van der Waals surface area contributed by atoms with E-state index in [0.717, 1.165) is 11.8 Å². The standard InChI is InChI=1S/C9H16ClNO2S/c1-6(11-14(10,12)13)9-5-7-2-3-8(9)4-7/h6-9,11H,2-5H2,1H3. The van der Waals surface area contributed by atoms with Gasteiger partial charge in [0.1, 0.15) is 0 Å². The Morgan fingerprint density at radius 3 is 2.50 bits per heavy atom. The van der Waals surface area contributed by atoms with Crippen molar-refractivity contribution >= 4 is 19.9 Å². The largest absolute Gasteiger partial charge is 0.297 e. The average molecular weight is 238 g/mol. The molecule has 0 amide bonds. The first-order valence-corrected chi connectivity index (χ1v) is 7.48. The summed E-state index contributed by atoms with van der Waals surface area (Å²) in [5, 5.41) is 0. The molecule has 1 N–H and O–H groups in total. The van der Waals surface area contributed by atoms with Crippen LogP contribution in [0.5, 0.6) is 0 Å². The monoisotopic (exact) mass is 237 g/mol. The Hall–Kier alpha value is 0.200. The highest BCUT2D eigenvalue weighted by Crippen LogP contribution is 2.49. The molecule has 0 heterocycles. The summed E-state index contributed by atoms with van der Waals surface area (Å²) in [7, 11) is 1.61. The topological polar surface area (TPSA) is 46.2 Å². The minimum absolute atomic E-state index is 0.00667. The van der Waals surface area contributed by atoms with Gasteiger partial charge in [-0.2, -0.15) is 13.1 Å². The first kappa shape index (κ1) is 10.7. The van der Waals surface area contributed by atoms with Crippen molar-refractivity contribution in [2.24, 2.45) is 17.8 Å². The molecule has 2 bridgehead atoms. The van der Waals surface area contributed by atoms with E-state index < -0.39 is 9.24 Å². The second-order valence-corrected chi connectivity index (χ2v) is 7.01. The number of hydrogen-bond acceptors (Lipinski definition) is 2. The maximum Gasteiger partial charge on any atom is 0.297 e. The van der Waals surface area contributed by atoms with Gasteiger partial charge in [0.25, 0.3) is 9.24 Å². The second kappa shape index (κ2) is 3.65. The fraction of sp³-hybridized carbons (Fsp3) is 1.00. The van der Waals surface area contributed by atoms with E-state index in [9.17, 15) is 8.42 Å². The van der Waals surface area contributed by atoms with E-state index in [0.29, 0.717) is 5.92 Å². The maximum absolute atomic E-state index is 10.9. The lowest BCUT2D eigenvalue weighted by Crippen LogP contribution is -2.37. The summed E-state index contributed by atoms with van der Waals surface area (Å²) < 4.78 is 24.2. The van der Waals surface area contributed by atoms with Crippen LogP contribution in [0.2, 0.25) is 0 Å². The zero-order valence-electron chi connectivity index (χ0n) is 8.24. The van der Waals surface area contributed by atoms with Crippen molar-refractivity contribution in [2.45, 2.75) is 38.6 Å². The summed E-state index contributed by atoms with van der Waals surface area (Å²) in [4.78, 5) is 0. The Morgan fingerprint density at radius 1 is 1.36 bits per heavy atom. The van der Waals surface area contributed by atoms with Gasteiger partial charge in [-0.3, -0.25) is 0 Å². The summed E-state index contributed by atoms with van der Waals surface area (Å²) in [5.74, 6) is 2.07. The van der Waals surface area contributed by atoms with Gasteiger partial charge in [0.2, 0.25) is 0 Å². The van der Waals surface area contributed by atoms with Gasteiger partial charge in [-0.05, 0) is 43.9 Å². The van der Waals surface area contributed by atoms with E-state index in [2.05, 4.69) is 4.72 Å². The second-order valence-electron chi connectivity index (χ2n) is 4.68. The normalized spacial score (nSPS) is 38.9. The Labute approximate surface area is 89.8 Å². The molecule has 2 fully saturated rings. The molecule has 2 aliphatic carbocycles. The van der Waals surface area contributed by atoms with Gasteiger partial charge in [-0.15, -0.1) is 0 Å². The molecular formula is C9H16ClNO2S. The van der Waals surface area contributed by atoms with E-state index in [1.807, 2.05) is 6.92 Å². The number of hydrogen-bond donors (Lipinski definition) is 1. The van der Waals surface area contributed by atoms with Crippen molar-refractivity contribution in [2.75, 3.05) is 0 Å². The molecule has 2 saturated carbocycles. The number of nitrogens with one attached hydrogen (secondary N) is 1. The molecule has 0 aromatic heterocycles. The van der Waals surface area contributed by atoms with Crippen molar-refractivity contribution < 1.29 is 8.42 Å². The fourth-order valence-electron chi connectivity index (χ4n) is 3.22. The van der Waals surface area contributed by atoms with Crippen LogP contribution in [0.25, 0.3) is 0 Å². The molecule has 0 radical (unpaired) electrons. The van der Waals surface area contributed by atoms with Crippen LogP contribution in [0.3, 0.4) is 0 Å². The predicted octanol–water partition coefficient (Wildman–Crippen LogP) is 1.88. The highest BCUT2D eigenvalue weighted by atomic mass is 35.7. The minimum Gasteiger partial charge on any atom is -0.199 e. The first-order valence-electron chi connectivity index (χ1n) is 5.17. The van der Waals surface area contributed by atoms with Crippen molar-refractivity contribution in [3.8, 4) is 0 Å². The number of fused-ring (bicyclic) bond motifs is 2. The number of rotatable bonds is 3. The van der Waals surface area contributed by atoms with E-state index in [1.54, 1.807) is 0 Å². The molecule has 5 heteroatoms. The Balaban J connectivity index is 1.96. The van der Waals surface area contributed by atoms with Gasteiger partial charge < -0.3 is 0 Å². The zero-order valence-corrected chi connectivity index (χ0v) is 9.81. The molecule has 4 unspecified atom stereocenters. The zero-order chi connectivity index (χ0) is 10.3. The van der Waals surface area contributed by atoms with Crippen LogP contribution in [-0.4, -0.2) is 14.5 Å². The van der Waals surface area contributed by atoms with Crippen molar-refractivity contribution in [1.82, 2.24) is 4.72 Å². The first-order chi connectivity index (χ1) is 6.46. The Morgan fingerprint density at radius 2 is 2.07 bits per heavy atom. The summed E-state index contributed by atoms with van der Waals surface area (Å²) in [6, 6.07) is -0.00667. The van der Waals surface area contributed by atoms with Crippen LogP contribution in [-0.2, 0) is 9.24 Å². The lowest BCUT2D eigenvalue weighted by atomic mass is 9.84. The molecule has 3 nitrogen and oxygen atoms in total. The van der Waals surface area contributed by atoms with Crippen LogP contribution in [0.4, 0.5) is 0 Å². The third-order valence-corrected chi connectivity index (χ3v) is 4.68. The van der Waals surface area contributed by atoms with Gasteiger partial charge in [0.05, 0.1) is 0 Å². The highest BCUT2D eigenvalue weighted by Gasteiger charge is 2.42. The molecule has 82 valence electrons. The average Bonchev–Trinajstić information content (AvgIpc) is 2.59. The Bertz CT molecular complexity index is 317. The molecule has 0 aliphatic heterocycles. The van der Waals surface area contributed by atoms with E-state index in [4.69, 9.17) is 10.7 Å². The van der Waals surface area contributed by atoms with Gasteiger partial charge in [-0.1, -0.05) is 6.42 Å². The molecular weight excluding hydrogens is 222 g/mol. The van der Waals surface area contributed by atoms with Crippen LogP contribution in [0.15, 0.2) is 0 Å². The lowest BCUT2D eigenvalue weighted by molar-refractivity contribution is 0.281. The molecule has 2 aliphatic rings. The summed E-state index contributed by atoms with van der Waals surface area (Å²) in [5.41, 5.74) is 0. The smallest absolute Gasteiger partial charge is 0.199 e. The summed E-state index contributed by atoms with van der Waals surface area (Å²) >= 11 is 0. The predicted molar refractivity (Wildman–Crippen MR) is 56.3 cm³/mol. The van der Waals surface area contributed by atoms with E-state index >= 15 is 0 Å². The van der Waals surface area contributed by atoms with E-state index in [1.165, 1.54) is 25.7 Å². The quantitative estimate of drug-likeness (QED) is 0.762. The number of halogens is 1. The van der Waals surface area contributed by atoms with Crippen molar-refractivity contribution in [1.29, 1.82) is 0 Å². The maximum atomic E-state index is 10.9. The van der Waals surface area contributed by atoms with Crippen LogP contribution in [0, 0.1) is 17.8 Å². The van der Waals surface area contributed by atoms with E-state index in [-0.39, 0.29) is 6.04 Å². The molecule has 0 aromatic rings. The summed E-state index contributed by atoms with van der Waals surface area (Å²) in [6.45, 7) is 1.92. The molecule has 0 aromatic carbocycles. The molecule has 0 spiro atoms. The minimum atomic E-state index is -3.56.